The van der Waals surface area contributed by atoms with E-state index in [0.29, 0.717) is 5.92 Å². The van der Waals surface area contributed by atoms with Gasteiger partial charge in [0.15, 0.2) is 0 Å². The van der Waals surface area contributed by atoms with Crippen molar-refractivity contribution in [2.24, 2.45) is 0 Å². The summed E-state index contributed by atoms with van der Waals surface area (Å²) in [6.07, 6.45) is 0. The van der Waals surface area contributed by atoms with Gasteiger partial charge in [-0.2, -0.15) is 0 Å². The molecule has 0 atom stereocenters. The van der Waals surface area contributed by atoms with E-state index in [1.54, 1.807) is 0 Å². The third-order valence-corrected chi connectivity index (χ3v) is 4.35. The largest absolute Gasteiger partial charge is 0.325 e. The van der Waals surface area contributed by atoms with E-state index in [9.17, 15) is 4.79 Å². The van der Waals surface area contributed by atoms with Crippen LogP contribution in [0.4, 0.5) is 5.69 Å². The highest BCUT2D eigenvalue weighted by atomic mass is 16.1. The van der Waals surface area contributed by atoms with E-state index in [1.807, 2.05) is 72.8 Å². The zero-order chi connectivity index (χ0) is 17.6. The van der Waals surface area contributed by atoms with Crippen molar-refractivity contribution in [2.75, 3.05) is 5.32 Å². The van der Waals surface area contributed by atoms with Gasteiger partial charge < -0.3 is 5.32 Å². The molecule has 0 radical (unpaired) electrons. The molecule has 0 aromatic heterocycles. The number of carbonyl (C=O) groups is 1. The molecule has 3 aromatic carbocycles. The standard InChI is InChI=1S/C23H23NO/c1-17(2)20-14-9-15-21(16-20)24-23(25)22(18-10-5-3-6-11-18)19-12-7-4-8-13-19/h3-17,22H,1-2H3,(H,24,25). The average molecular weight is 329 g/mol. The van der Waals surface area contributed by atoms with E-state index in [2.05, 4.69) is 31.3 Å². The minimum Gasteiger partial charge on any atom is -0.325 e. The second-order valence-corrected chi connectivity index (χ2v) is 6.52. The molecule has 0 saturated heterocycles. The fourth-order valence-electron chi connectivity index (χ4n) is 2.98. The molecular formula is C23H23NO. The van der Waals surface area contributed by atoms with Gasteiger partial charge in [0.2, 0.25) is 5.91 Å². The molecule has 0 fully saturated rings. The van der Waals surface area contributed by atoms with Crippen molar-refractivity contribution in [2.45, 2.75) is 25.7 Å². The maximum absolute atomic E-state index is 13.1. The lowest BCUT2D eigenvalue weighted by atomic mass is 9.90. The van der Waals surface area contributed by atoms with E-state index in [-0.39, 0.29) is 11.8 Å². The van der Waals surface area contributed by atoms with E-state index in [1.165, 1.54) is 5.56 Å². The Morgan fingerprint density at radius 1 is 0.720 bits per heavy atom. The SMILES string of the molecule is CC(C)c1cccc(NC(=O)C(c2ccccc2)c2ccccc2)c1. The number of nitrogens with one attached hydrogen (secondary N) is 1. The number of hydrogen-bond donors (Lipinski definition) is 1. The summed E-state index contributed by atoms with van der Waals surface area (Å²) in [5.74, 6) is 0.0827. The lowest BCUT2D eigenvalue weighted by Gasteiger charge is -2.18. The highest BCUT2D eigenvalue weighted by Gasteiger charge is 2.22. The zero-order valence-corrected chi connectivity index (χ0v) is 14.6. The van der Waals surface area contributed by atoms with Crippen LogP contribution in [0.2, 0.25) is 0 Å². The van der Waals surface area contributed by atoms with Crippen molar-refractivity contribution in [3.8, 4) is 0 Å². The smallest absolute Gasteiger partial charge is 0.236 e. The first kappa shape index (κ1) is 17.0. The van der Waals surface area contributed by atoms with Crippen molar-refractivity contribution in [1.82, 2.24) is 0 Å². The summed E-state index contributed by atoms with van der Waals surface area (Å²) in [4.78, 5) is 13.1. The Bertz CT molecular complexity index is 785. The Balaban J connectivity index is 1.91. The average Bonchev–Trinajstić information content (AvgIpc) is 2.64. The van der Waals surface area contributed by atoms with Crippen molar-refractivity contribution >= 4 is 11.6 Å². The molecule has 0 aliphatic rings. The minimum absolute atomic E-state index is 0.0155. The van der Waals surface area contributed by atoms with E-state index >= 15 is 0 Å². The van der Waals surface area contributed by atoms with Gasteiger partial charge in [-0.1, -0.05) is 86.6 Å². The van der Waals surface area contributed by atoms with Crippen molar-refractivity contribution in [1.29, 1.82) is 0 Å². The highest BCUT2D eigenvalue weighted by Crippen LogP contribution is 2.27. The summed E-state index contributed by atoms with van der Waals surface area (Å²) >= 11 is 0. The number of benzene rings is 3. The fourth-order valence-corrected chi connectivity index (χ4v) is 2.98. The maximum atomic E-state index is 13.1. The molecule has 1 amide bonds. The molecule has 25 heavy (non-hydrogen) atoms. The normalized spacial score (nSPS) is 10.9. The zero-order valence-electron chi connectivity index (χ0n) is 14.6. The van der Waals surface area contributed by atoms with Crippen molar-refractivity contribution in [3.63, 3.8) is 0 Å². The van der Waals surface area contributed by atoms with Gasteiger partial charge in [-0.05, 0) is 34.7 Å². The predicted octanol–water partition coefficient (Wildman–Crippen LogP) is 5.58. The molecule has 0 saturated carbocycles. The van der Waals surface area contributed by atoms with E-state index < -0.39 is 0 Å². The molecule has 0 heterocycles. The van der Waals surface area contributed by atoms with Gasteiger partial charge >= 0.3 is 0 Å². The van der Waals surface area contributed by atoms with Gasteiger partial charge in [0.1, 0.15) is 0 Å². The van der Waals surface area contributed by atoms with Crippen LogP contribution in [-0.4, -0.2) is 5.91 Å². The van der Waals surface area contributed by atoms with Crippen LogP contribution in [0.5, 0.6) is 0 Å². The molecular weight excluding hydrogens is 306 g/mol. The van der Waals surface area contributed by atoms with E-state index in [0.717, 1.165) is 16.8 Å². The summed E-state index contributed by atoms with van der Waals surface area (Å²) in [7, 11) is 0. The Morgan fingerprint density at radius 3 is 1.76 bits per heavy atom. The second-order valence-electron chi connectivity index (χ2n) is 6.52. The number of anilines is 1. The second kappa shape index (κ2) is 7.80. The summed E-state index contributed by atoms with van der Waals surface area (Å²) in [5.41, 5.74) is 4.04. The number of hydrogen-bond acceptors (Lipinski definition) is 1. The van der Waals surface area contributed by atoms with Crippen LogP contribution in [0.25, 0.3) is 0 Å². The van der Waals surface area contributed by atoms with Crippen LogP contribution in [0.15, 0.2) is 84.9 Å². The van der Waals surface area contributed by atoms with Crippen molar-refractivity contribution < 1.29 is 4.79 Å². The number of carbonyl (C=O) groups excluding carboxylic acids is 1. The predicted molar refractivity (Wildman–Crippen MR) is 104 cm³/mol. The molecule has 2 nitrogen and oxygen atoms in total. The van der Waals surface area contributed by atoms with Crippen LogP contribution < -0.4 is 5.32 Å². The molecule has 0 aliphatic carbocycles. The summed E-state index contributed by atoms with van der Waals surface area (Å²) in [6, 6.07) is 27.9. The first-order valence-electron chi connectivity index (χ1n) is 8.66. The van der Waals surface area contributed by atoms with Crippen LogP contribution in [-0.2, 0) is 4.79 Å². The molecule has 3 aromatic rings. The van der Waals surface area contributed by atoms with Crippen LogP contribution >= 0.6 is 0 Å². The lowest BCUT2D eigenvalue weighted by molar-refractivity contribution is -0.116. The fraction of sp³-hybridized carbons (Fsp3) is 0.174. The minimum atomic E-state index is -0.329. The Morgan fingerprint density at radius 2 is 1.24 bits per heavy atom. The molecule has 126 valence electrons. The topological polar surface area (TPSA) is 29.1 Å². The van der Waals surface area contributed by atoms with Crippen LogP contribution in [0.3, 0.4) is 0 Å². The quantitative estimate of drug-likeness (QED) is 0.650. The monoisotopic (exact) mass is 329 g/mol. The van der Waals surface area contributed by atoms with Gasteiger partial charge in [0, 0.05) is 5.69 Å². The summed E-state index contributed by atoms with van der Waals surface area (Å²) in [5, 5.41) is 3.10. The molecule has 0 bridgehead atoms. The Kier molecular flexibility index (Phi) is 5.30. The highest BCUT2D eigenvalue weighted by molar-refractivity contribution is 5.98. The molecule has 2 heteroatoms. The third kappa shape index (κ3) is 4.16. The molecule has 0 unspecified atom stereocenters. The maximum Gasteiger partial charge on any atom is 0.236 e. The Hall–Kier alpha value is -2.87. The van der Waals surface area contributed by atoms with Gasteiger partial charge in [-0.15, -0.1) is 0 Å². The molecule has 0 spiro atoms. The third-order valence-electron chi connectivity index (χ3n) is 4.35. The number of rotatable bonds is 5. The van der Waals surface area contributed by atoms with Gasteiger partial charge in [0.05, 0.1) is 5.92 Å². The summed E-state index contributed by atoms with van der Waals surface area (Å²) in [6.45, 7) is 4.30. The Labute approximate surface area is 149 Å². The van der Waals surface area contributed by atoms with Crippen LogP contribution in [0.1, 0.15) is 42.4 Å². The van der Waals surface area contributed by atoms with Gasteiger partial charge in [-0.3, -0.25) is 4.79 Å². The summed E-state index contributed by atoms with van der Waals surface area (Å²) < 4.78 is 0. The van der Waals surface area contributed by atoms with Gasteiger partial charge in [-0.25, -0.2) is 0 Å². The van der Waals surface area contributed by atoms with Crippen LogP contribution in [0, 0.1) is 0 Å². The molecule has 0 aliphatic heterocycles. The first-order chi connectivity index (χ1) is 12.1. The molecule has 1 N–H and O–H groups in total. The van der Waals surface area contributed by atoms with Gasteiger partial charge in [0.25, 0.3) is 0 Å². The van der Waals surface area contributed by atoms with Crippen molar-refractivity contribution in [3.05, 3.63) is 102 Å². The first-order valence-corrected chi connectivity index (χ1v) is 8.66. The molecule has 3 rings (SSSR count). The number of amides is 1. The lowest BCUT2D eigenvalue weighted by Crippen LogP contribution is -2.22. The van der Waals surface area contributed by atoms with E-state index in [4.69, 9.17) is 0 Å².